The van der Waals surface area contributed by atoms with Crippen molar-refractivity contribution >= 4 is 29.2 Å². The Balaban J connectivity index is 1.76. The van der Waals surface area contributed by atoms with Crippen molar-refractivity contribution in [2.24, 2.45) is 16.8 Å². The van der Waals surface area contributed by atoms with Crippen LogP contribution in [0.2, 0.25) is 0 Å². The van der Waals surface area contributed by atoms with E-state index in [1.807, 2.05) is 4.90 Å². The topological polar surface area (TPSA) is 56.9 Å². The number of anilines is 1. The Morgan fingerprint density at radius 2 is 2.03 bits per heavy atom. The van der Waals surface area contributed by atoms with E-state index >= 15 is 0 Å². The van der Waals surface area contributed by atoms with Gasteiger partial charge in [-0.1, -0.05) is 43.7 Å². The van der Waals surface area contributed by atoms with Gasteiger partial charge in [0.1, 0.15) is 11.6 Å². The molecule has 8 heteroatoms. The van der Waals surface area contributed by atoms with Gasteiger partial charge in [-0.2, -0.15) is 5.10 Å². The van der Waals surface area contributed by atoms with Gasteiger partial charge in [-0.05, 0) is 36.7 Å². The van der Waals surface area contributed by atoms with Crippen molar-refractivity contribution in [3.8, 4) is 0 Å². The number of thiocarbonyl (C=S) groups is 1. The highest BCUT2D eigenvalue weighted by Crippen LogP contribution is 2.28. The summed E-state index contributed by atoms with van der Waals surface area (Å²) in [7, 11) is 0. The quantitative estimate of drug-likeness (QED) is 0.403. The summed E-state index contributed by atoms with van der Waals surface area (Å²) < 4.78 is 29.4. The maximum absolute atomic E-state index is 14.9. The zero-order chi connectivity index (χ0) is 22.5. The molecule has 1 aliphatic heterocycles. The minimum absolute atomic E-state index is 0.0310. The Hall–Kier alpha value is -2.58. The van der Waals surface area contributed by atoms with Gasteiger partial charge in [-0.15, -0.1) is 0 Å². The standard InChI is InChI=1S/C23H29F2N5S/c1-15(2)22-14-30(8-7-29(22)13-17-6-4-5-16(3)9-17)21-11-19(24)18(10-20(21)25)12-27-28-23(26)31/h4-6,9-12,15,22H,7-8,13-14H2,1-3H3,(H3,26,28,31)/t22-/m1/s1. The average molecular weight is 446 g/mol. The molecule has 1 saturated heterocycles. The summed E-state index contributed by atoms with van der Waals surface area (Å²) in [4.78, 5) is 4.37. The second kappa shape index (κ2) is 10.2. The van der Waals surface area contributed by atoms with Crippen LogP contribution in [0.4, 0.5) is 14.5 Å². The normalized spacial score (nSPS) is 17.5. The van der Waals surface area contributed by atoms with Crippen LogP contribution in [-0.2, 0) is 6.54 Å². The molecule has 31 heavy (non-hydrogen) atoms. The number of aryl methyl sites for hydroxylation is 1. The Morgan fingerprint density at radius 1 is 1.26 bits per heavy atom. The van der Waals surface area contributed by atoms with E-state index < -0.39 is 11.6 Å². The first kappa shape index (κ1) is 23.1. The molecule has 0 unspecified atom stereocenters. The van der Waals surface area contributed by atoms with Crippen LogP contribution in [0.15, 0.2) is 41.5 Å². The van der Waals surface area contributed by atoms with Gasteiger partial charge < -0.3 is 10.6 Å². The molecule has 166 valence electrons. The molecule has 0 radical (unpaired) electrons. The highest BCUT2D eigenvalue weighted by Gasteiger charge is 2.30. The summed E-state index contributed by atoms with van der Waals surface area (Å²) >= 11 is 4.64. The first-order chi connectivity index (χ1) is 14.7. The fourth-order valence-corrected chi connectivity index (χ4v) is 4.05. The summed E-state index contributed by atoms with van der Waals surface area (Å²) in [6.45, 7) is 9.32. The Bertz CT molecular complexity index is 963. The van der Waals surface area contributed by atoms with E-state index in [9.17, 15) is 8.78 Å². The molecule has 0 amide bonds. The first-order valence-corrected chi connectivity index (χ1v) is 10.8. The Morgan fingerprint density at radius 3 is 2.71 bits per heavy atom. The molecule has 2 aromatic carbocycles. The molecule has 0 saturated carbocycles. The van der Waals surface area contributed by atoms with Gasteiger partial charge in [-0.3, -0.25) is 10.3 Å². The number of halogens is 2. The van der Waals surface area contributed by atoms with Crippen LogP contribution in [0, 0.1) is 24.5 Å². The van der Waals surface area contributed by atoms with Crippen LogP contribution in [0.1, 0.15) is 30.5 Å². The number of piperazine rings is 1. The number of hydrogen-bond acceptors (Lipinski definition) is 4. The number of nitrogens with one attached hydrogen (secondary N) is 1. The zero-order valence-corrected chi connectivity index (χ0v) is 18.9. The average Bonchev–Trinajstić information content (AvgIpc) is 2.70. The molecular formula is C23H29F2N5S. The number of benzene rings is 2. The lowest BCUT2D eigenvalue weighted by Crippen LogP contribution is -2.55. The first-order valence-electron chi connectivity index (χ1n) is 10.4. The molecule has 0 aromatic heterocycles. The van der Waals surface area contributed by atoms with Crippen molar-refractivity contribution in [2.75, 3.05) is 24.5 Å². The minimum atomic E-state index is -0.548. The van der Waals surface area contributed by atoms with Crippen LogP contribution in [-0.4, -0.2) is 41.9 Å². The van der Waals surface area contributed by atoms with Gasteiger partial charge in [0.15, 0.2) is 5.11 Å². The molecular weight excluding hydrogens is 416 g/mol. The highest BCUT2D eigenvalue weighted by atomic mass is 32.1. The molecule has 2 aromatic rings. The van der Waals surface area contributed by atoms with E-state index in [1.165, 1.54) is 17.2 Å². The van der Waals surface area contributed by atoms with Gasteiger partial charge >= 0.3 is 0 Å². The molecule has 1 aliphatic rings. The molecule has 3 N–H and O–H groups in total. The predicted octanol–water partition coefficient (Wildman–Crippen LogP) is 3.79. The van der Waals surface area contributed by atoms with Crippen molar-refractivity contribution in [3.05, 3.63) is 64.7 Å². The SMILES string of the molecule is Cc1cccc(CN2CCN(c3cc(F)c(C=NNC(N)=S)cc3F)C[C@@H]2C(C)C)c1. The van der Waals surface area contributed by atoms with Crippen molar-refractivity contribution in [1.29, 1.82) is 0 Å². The maximum atomic E-state index is 14.9. The third-order valence-electron chi connectivity index (χ3n) is 5.56. The summed E-state index contributed by atoms with van der Waals surface area (Å²) in [5, 5.41) is 3.66. The zero-order valence-electron chi connectivity index (χ0n) is 18.1. The van der Waals surface area contributed by atoms with E-state index in [4.69, 9.17) is 5.73 Å². The van der Waals surface area contributed by atoms with Crippen molar-refractivity contribution < 1.29 is 8.78 Å². The van der Waals surface area contributed by atoms with Crippen LogP contribution in [0.3, 0.4) is 0 Å². The summed E-state index contributed by atoms with van der Waals surface area (Å²) in [6.07, 6.45) is 1.16. The van der Waals surface area contributed by atoms with E-state index in [0.717, 1.165) is 25.4 Å². The molecule has 5 nitrogen and oxygen atoms in total. The van der Waals surface area contributed by atoms with Gasteiger partial charge in [-0.25, -0.2) is 8.78 Å². The molecule has 1 atom stereocenters. The van der Waals surface area contributed by atoms with E-state index in [2.05, 4.69) is 72.7 Å². The monoisotopic (exact) mass is 445 g/mol. The number of hydrazone groups is 1. The highest BCUT2D eigenvalue weighted by molar-refractivity contribution is 7.80. The van der Waals surface area contributed by atoms with E-state index in [-0.39, 0.29) is 22.4 Å². The smallest absolute Gasteiger partial charge is 0.184 e. The number of nitrogens with two attached hydrogens (primary N) is 1. The fraction of sp³-hybridized carbons (Fsp3) is 0.391. The lowest BCUT2D eigenvalue weighted by atomic mass is 9.98. The molecule has 1 fully saturated rings. The van der Waals surface area contributed by atoms with E-state index in [0.29, 0.717) is 19.0 Å². The second-order valence-electron chi connectivity index (χ2n) is 8.28. The largest absolute Gasteiger partial charge is 0.375 e. The van der Waals surface area contributed by atoms with Gasteiger partial charge in [0.05, 0.1) is 11.9 Å². The van der Waals surface area contributed by atoms with Crippen LogP contribution in [0.25, 0.3) is 0 Å². The van der Waals surface area contributed by atoms with Crippen LogP contribution in [0.5, 0.6) is 0 Å². The Labute approximate surface area is 187 Å². The van der Waals surface area contributed by atoms with Crippen LogP contribution >= 0.6 is 12.2 Å². The number of nitrogens with zero attached hydrogens (tertiary/aromatic N) is 3. The summed E-state index contributed by atoms with van der Waals surface area (Å²) in [5.74, 6) is -0.654. The second-order valence-corrected chi connectivity index (χ2v) is 8.72. The third kappa shape index (κ3) is 5.98. The molecule has 0 spiro atoms. The molecule has 1 heterocycles. The predicted molar refractivity (Wildman–Crippen MR) is 126 cm³/mol. The lowest BCUT2D eigenvalue weighted by Gasteiger charge is -2.44. The van der Waals surface area contributed by atoms with Crippen LogP contribution < -0.4 is 16.1 Å². The number of hydrogen-bond donors (Lipinski definition) is 2. The Kier molecular flexibility index (Phi) is 7.56. The number of rotatable bonds is 6. The summed E-state index contributed by atoms with van der Waals surface area (Å²) in [5.41, 5.74) is 10.4. The van der Waals surface area contributed by atoms with Crippen molar-refractivity contribution in [2.45, 2.75) is 33.4 Å². The van der Waals surface area contributed by atoms with E-state index in [1.54, 1.807) is 0 Å². The third-order valence-corrected chi connectivity index (χ3v) is 5.65. The summed E-state index contributed by atoms with van der Waals surface area (Å²) in [6, 6.07) is 11.1. The van der Waals surface area contributed by atoms with Crippen molar-refractivity contribution in [3.63, 3.8) is 0 Å². The van der Waals surface area contributed by atoms with Gasteiger partial charge in [0.25, 0.3) is 0 Å². The molecule has 3 rings (SSSR count). The molecule has 0 bridgehead atoms. The van der Waals surface area contributed by atoms with Gasteiger partial charge in [0.2, 0.25) is 0 Å². The lowest BCUT2D eigenvalue weighted by molar-refractivity contribution is 0.130. The van der Waals surface area contributed by atoms with Gasteiger partial charge in [0, 0.05) is 43.9 Å². The maximum Gasteiger partial charge on any atom is 0.184 e. The minimum Gasteiger partial charge on any atom is -0.375 e. The van der Waals surface area contributed by atoms with Crippen molar-refractivity contribution in [1.82, 2.24) is 10.3 Å². The fourth-order valence-electron chi connectivity index (χ4n) is 4.00. The molecule has 0 aliphatic carbocycles.